The molecule has 0 spiro atoms. The van der Waals surface area contributed by atoms with E-state index < -0.39 is 10.0 Å². The maximum Gasteiger partial charge on any atom is 0.288 e. The Morgan fingerprint density at radius 3 is 2.48 bits per heavy atom. The number of hydrogen-bond donors (Lipinski definition) is 0. The summed E-state index contributed by atoms with van der Waals surface area (Å²) in [5.74, 6) is 0.957. The van der Waals surface area contributed by atoms with Gasteiger partial charge < -0.3 is 9.30 Å². The topological polar surface area (TPSA) is 60.7 Å². The number of ether oxygens (including phenoxy) is 1. The molecule has 0 saturated heterocycles. The van der Waals surface area contributed by atoms with Crippen LogP contribution < -0.4 is 9.54 Å². The molecular formula is C20H28N2O3S2. The lowest BCUT2D eigenvalue weighted by Gasteiger charge is -2.17. The van der Waals surface area contributed by atoms with Gasteiger partial charge in [-0.2, -0.15) is 8.42 Å². The standard InChI is InChI=1S/C20H28N2O3S2/c1-13-7-10-17(16(11-13)25-6)27(23,24)21-19-22(12-15-8-9-15)14(2)18(26-19)20(3,4)5/h7,10-11,15H,8-9,12H2,1-6H3. The molecule has 0 unspecified atom stereocenters. The third-order valence-electron chi connectivity index (χ3n) is 4.77. The normalized spacial score (nSPS) is 16.0. The zero-order chi connectivity index (χ0) is 20.0. The van der Waals surface area contributed by atoms with Crippen molar-refractivity contribution < 1.29 is 13.2 Å². The maximum atomic E-state index is 13.1. The van der Waals surface area contributed by atoms with Crippen LogP contribution in [0.1, 0.15) is 49.7 Å². The number of methoxy groups -OCH3 is 1. The second kappa shape index (κ2) is 7.09. The predicted octanol–water partition coefficient (Wildman–Crippen LogP) is 4.17. The van der Waals surface area contributed by atoms with Crippen LogP contribution >= 0.6 is 11.3 Å². The fourth-order valence-electron chi connectivity index (χ4n) is 3.16. The molecule has 1 fully saturated rings. The Morgan fingerprint density at radius 1 is 1.26 bits per heavy atom. The van der Waals surface area contributed by atoms with E-state index in [1.165, 1.54) is 36.2 Å². The second-order valence-corrected chi connectivity index (χ2v) is 10.9. The fourth-order valence-corrected chi connectivity index (χ4v) is 5.71. The molecule has 5 nitrogen and oxygen atoms in total. The van der Waals surface area contributed by atoms with E-state index in [4.69, 9.17) is 4.74 Å². The molecule has 0 radical (unpaired) electrons. The molecule has 1 aromatic carbocycles. The molecule has 7 heteroatoms. The van der Waals surface area contributed by atoms with E-state index >= 15 is 0 Å². The van der Waals surface area contributed by atoms with Crippen molar-refractivity contribution in [2.24, 2.45) is 10.3 Å². The van der Waals surface area contributed by atoms with E-state index in [2.05, 4.69) is 36.7 Å². The minimum atomic E-state index is -3.87. The van der Waals surface area contributed by atoms with E-state index in [0.29, 0.717) is 16.5 Å². The number of benzene rings is 1. The van der Waals surface area contributed by atoms with Crippen LogP contribution in [-0.2, 0) is 22.0 Å². The number of aromatic nitrogens is 1. The Morgan fingerprint density at radius 2 is 1.93 bits per heavy atom. The van der Waals surface area contributed by atoms with Gasteiger partial charge in [0.25, 0.3) is 10.0 Å². The van der Waals surface area contributed by atoms with Gasteiger partial charge >= 0.3 is 0 Å². The number of nitrogens with zero attached hydrogens (tertiary/aromatic N) is 2. The Kier molecular flexibility index (Phi) is 5.29. The lowest BCUT2D eigenvalue weighted by Crippen LogP contribution is -2.20. The maximum absolute atomic E-state index is 13.1. The molecule has 148 valence electrons. The van der Waals surface area contributed by atoms with Crippen molar-refractivity contribution in [1.82, 2.24) is 4.57 Å². The quantitative estimate of drug-likeness (QED) is 0.746. The predicted molar refractivity (Wildman–Crippen MR) is 109 cm³/mol. The van der Waals surface area contributed by atoms with E-state index in [0.717, 1.165) is 17.8 Å². The summed E-state index contributed by atoms with van der Waals surface area (Å²) in [6, 6.07) is 5.06. The highest BCUT2D eigenvalue weighted by molar-refractivity contribution is 7.90. The molecule has 3 rings (SSSR count). The highest BCUT2D eigenvalue weighted by Crippen LogP contribution is 2.34. The lowest BCUT2D eigenvalue weighted by molar-refractivity contribution is 0.402. The van der Waals surface area contributed by atoms with Crippen LogP contribution in [0.2, 0.25) is 0 Å². The van der Waals surface area contributed by atoms with Gasteiger partial charge in [-0.3, -0.25) is 0 Å². The Bertz CT molecular complexity index is 1020. The van der Waals surface area contributed by atoms with Crippen LogP contribution in [0.4, 0.5) is 0 Å². The van der Waals surface area contributed by atoms with Gasteiger partial charge in [-0.25, -0.2) is 0 Å². The molecule has 27 heavy (non-hydrogen) atoms. The van der Waals surface area contributed by atoms with Gasteiger partial charge in [-0.15, -0.1) is 15.7 Å². The zero-order valence-corrected chi connectivity index (χ0v) is 18.5. The third kappa shape index (κ3) is 4.29. The molecule has 0 bridgehead atoms. The summed E-state index contributed by atoms with van der Waals surface area (Å²) in [6.07, 6.45) is 2.40. The molecule has 0 amide bonds. The summed E-state index contributed by atoms with van der Waals surface area (Å²) in [5.41, 5.74) is 2.00. The summed E-state index contributed by atoms with van der Waals surface area (Å²) in [7, 11) is -2.39. The van der Waals surface area contributed by atoms with Gasteiger partial charge in [0.15, 0.2) is 0 Å². The summed E-state index contributed by atoms with van der Waals surface area (Å²) < 4.78 is 37.8. The molecule has 0 N–H and O–H groups in total. The minimum Gasteiger partial charge on any atom is -0.495 e. The van der Waals surface area contributed by atoms with Crippen molar-refractivity contribution in [3.05, 3.63) is 39.1 Å². The van der Waals surface area contributed by atoms with Gasteiger partial charge in [0.1, 0.15) is 10.6 Å². The van der Waals surface area contributed by atoms with E-state index in [-0.39, 0.29) is 10.3 Å². The summed E-state index contributed by atoms with van der Waals surface area (Å²) in [6.45, 7) is 11.2. The third-order valence-corrected chi connectivity index (χ3v) is 7.80. The lowest BCUT2D eigenvalue weighted by atomic mass is 9.93. The molecule has 1 aliphatic rings. The van der Waals surface area contributed by atoms with Gasteiger partial charge in [0.05, 0.1) is 7.11 Å². The largest absolute Gasteiger partial charge is 0.495 e. The van der Waals surface area contributed by atoms with Crippen molar-refractivity contribution in [3.8, 4) is 5.75 Å². The fraction of sp³-hybridized carbons (Fsp3) is 0.550. The highest BCUT2D eigenvalue weighted by atomic mass is 32.2. The van der Waals surface area contributed by atoms with Crippen LogP contribution in [0.25, 0.3) is 0 Å². The van der Waals surface area contributed by atoms with Crippen molar-refractivity contribution in [3.63, 3.8) is 0 Å². The monoisotopic (exact) mass is 408 g/mol. The number of hydrogen-bond acceptors (Lipinski definition) is 4. The summed E-state index contributed by atoms with van der Waals surface area (Å²) in [4.78, 5) is 1.83. The van der Waals surface area contributed by atoms with Crippen molar-refractivity contribution in [1.29, 1.82) is 0 Å². The Hall–Kier alpha value is -1.60. The van der Waals surface area contributed by atoms with Crippen molar-refractivity contribution >= 4 is 21.4 Å². The number of thiazole rings is 1. The van der Waals surface area contributed by atoms with E-state index in [9.17, 15) is 8.42 Å². The van der Waals surface area contributed by atoms with E-state index in [1.54, 1.807) is 18.2 Å². The molecule has 0 aliphatic heterocycles. The Balaban J connectivity index is 2.18. The zero-order valence-electron chi connectivity index (χ0n) is 16.9. The Labute approximate surface area is 165 Å². The second-order valence-electron chi connectivity index (χ2n) is 8.32. The van der Waals surface area contributed by atoms with Crippen LogP contribution in [0.5, 0.6) is 5.75 Å². The summed E-state index contributed by atoms with van der Waals surface area (Å²) >= 11 is 1.48. The molecule has 1 aromatic heterocycles. The first-order valence-corrected chi connectivity index (χ1v) is 11.4. The van der Waals surface area contributed by atoms with Gasteiger partial charge in [-0.05, 0) is 55.7 Å². The van der Waals surface area contributed by atoms with Crippen LogP contribution in [0, 0.1) is 19.8 Å². The first-order chi connectivity index (χ1) is 12.5. The number of sulfonamides is 1. The van der Waals surface area contributed by atoms with Gasteiger partial charge in [0.2, 0.25) is 4.80 Å². The van der Waals surface area contributed by atoms with E-state index in [1.807, 2.05) is 6.92 Å². The molecule has 2 aromatic rings. The number of rotatable bonds is 5. The number of aryl methyl sites for hydroxylation is 1. The molecule has 1 heterocycles. The van der Waals surface area contributed by atoms with Crippen LogP contribution in [0.3, 0.4) is 0 Å². The first-order valence-electron chi connectivity index (χ1n) is 9.19. The summed E-state index contributed by atoms with van der Waals surface area (Å²) in [5, 5.41) is 0. The SMILES string of the molecule is COc1cc(C)ccc1S(=O)(=O)N=c1sc(C(C)(C)C)c(C)n1CC1CC1. The average Bonchev–Trinajstić information content (AvgIpc) is 3.33. The van der Waals surface area contributed by atoms with Crippen molar-refractivity contribution in [2.45, 2.75) is 64.3 Å². The molecule has 1 aliphatic carbocycles. The van der Waals surface area contributed by atoms with Crippen LogP contribution in [0.15, 0.2) is 27.5 Å². The van der Waals surface area contributed by atoms with Gasteiger partial charge in [-0.1, -0.05) is 26.8 Å². The average molecular weight is 409 g/mol. The van der Waals surface area contributed by atoms with Crippen molar-refractivity contribution in [2.75, 3.05) is 7.11 Å². The first kappa shape index (κ1) is 20.1. The molecule has 1 saturated carbocycles. The smallest absolute Gasteiger partial charge is 0.288 e. The molecular weight excluding hydrogens is 380 g/mol. The molecule has 0 atom stereocenters. The highest BCUT2D eigenvalue weighted by Gasteiger charge is 2.28. The van der Waals surface area contributed by atoms with Gasteiger partial charge in [0, 0.05) is 17.1 Å². The minimum absolute atomic E-state index is 0.0564. The van der Waals surface area contributed by atoms with Crippen LogP contribution in [-0.4, -0.2) is 20.1 Å².